The highest BCUT2D eigenvalue weighted by molar-refractivity contribution is 14.0. The van der Waals surface area contributed by atoms with Crippen LogP contribution < -0.4 is 10.6 Å². The highest BCUT2D eigenvalue weighted by Crippen LogP contribution is 2.38. The van der Waals surface area contributed by atoms with E-state index in [-0.39, 0.29) is 40.7 Å². The van der Waals surface area contributed by atoms with Gasteiger partial charge < -0.3 is 20.0 Å². The Labute approximate surface area is 179 Å². The van der Waals surface area contributed by atoms with Crippen molar-refractivity contribution in [3.05, 3.63) is 17.8 Å². The Balaban J connectivity index is 0.00000364. The second-order valence-corrected chi connectivity index (χ2v) is 8.33. The van der Waals surface area contributed by atoms with Crippen LogP contribution in [0.2, 0.25) is 0 Å². The molecule has 0 atom stereocenters. The number of carbonyl (C=O) groups excluding carboxylic acids is 1. The highest BCUT2D eigenvalue weighted by Gasteiger charge is 2.42. The predicted octanol–water partition coefficient (Wildman–Crippen LogP) is 2.90. The molecule has 0 aliphatic heterocycles. The van der Waals surface area contributed by atoms with Gasteiger partial charge in [-0.25, -0.2) is 4.98 Å². The van der Waals surface area contributed by atoms with Gasteiger partial charge in [0.15, 0.2) is 5.96 Å². The van der Waals surface area contributed by atoms with E-state index in [0.29, 0.717) is 24.9 Å². The van der Waals surface area contributed by atoms with Gasteiger partial charge in [-0.15, -0.1) is 24.0 Å². The first-order valence-corrected chi connectivity index (χ1v) is 9.29. The third kappa shape index (κ3) is 6.08. The monoisotopic (exact) mass is 491 g/mol. The molecule has 0 radical (unpaired) electrons. The quantitative estimate of drug-likeness (QED) is 0.376. The molecule has 0 spiro atoms. The van der Waals surface area contributed by atoms with Crippen molar-refractivity contribution in [2.75, 3.05) is 27.7 Å². The average Bonchev–Trinajstić information content (AvgIpc) is 3.24. The molecule has 1 heterocycles. The summed E-state index contributed by atoms with van der Waals surface area (Å²) in [6.07, 6.45) is 5.81. The van der Waals surface area contributed by atoms with Crippen molar-refractivity contribution in [1.29, 1.82) is 0 Å². The van der Waals surface area contributed by atoms with Crippen molar-refractivity contribution in [2.24, 2.45) is 10.4 Å². The molecule has 1 aliphatic carbocycles. The number of rotatable bonds is 5. The smallest absolute Gasteiger partial charge is 0.230 e. The molecule has 7 nitrogen and oxygen atoms in total. The lowest BCUT2D eigenvalue weighted by atomic mass is 9.84. The number of hydrogen-bond donors (Lipinski definition) is 2. The largest absolute Gasteiger partial charge is 0.443 e. The van der Waals surface area contributed by atoms with Crippen molar-refractivity contribution in [3.63, 3.8) is 0 Å². The topological polar surface area (TPSA) is 82.8 Å². The Morgan fingerprint density at radius 2 is 1.93 bits per heavy atom. The number of carbonyl (C=O) groups is 1. The summed E-state index contributed by atoms with van der Waals surface area (Å²) in [7, 11) is 5.37. The number of aromatic nitrogens is 1. The molecule has 27 heavy (non-hydrogen) atoms. The lowest BCUT2D eigenvalue weighted by Crippen LogP contribution is -2.49. The fourth-order valence-corrected chi connectivity index (χ4v) is 3.36. The van der Waals surface area contributed by atoms with Gasteiger partial charge in [0.05, 0.1) is 18.2 Å². The number of nitrogens with one attached hydrogen (secondary N) is 2. The van der Waals surface area contributed by atoms with Gasteiger partial charge in [-0.3, -0.25) is 9.79 Å². The van der Waals surface area contributed by atoms with Gasteiger partial charge >= 0.3 is 0 Å². The van der Waals surface area contributed by atoms with Gasteiger partial charge in [-0.05, 0) is 12.8 Å². The van der Waals surface area contributed by atoms with E-state index < -0.39 is 0 Å². The second kappa shape index (κ2) is 9.75. The Hall–Kier alpha value is -1.32. The number of amides is 1. The molecule has 2 N–H and O–H groups in total. The van der Waals surface area contributed by atoms with Crippen molar-refractivity contribution < 1.29 is 9.21 Å². The van der Waals surface area contributed by atoms with Crippen LogP contribution in [0, 0.1) is 5.41 Å². The number of oxazole rings is 1. The number of aliphatic imine (C=N–C) groups is 1. The molecular formula is C19H34IN5O2. The van der Waals surface area contributed by atoms with Crippen molar-refractivity contribution in [2.45, 2.75) is 58.4 Å². The maximum Gasteiger partial charge on any atom is 0.230 e. The van der Waals surface area contributed by atoms with E-state index in [4.69, 9.17) is 4.42 Å². The standard InChI is InChI=1S/C19H33N5O2.HI/c1-18(2,3)14-11-21-15(26-14)12-22-17(20-4)23-13-19(9-7-8-10-19)16(25)24(5)6;/h11H,7-10,12-13H2,1-6H3,(H2,20,22,23);1H. The lowest BCUT2D eigenvalue weighted by Gasteiger charge is -2.31. The fraction of sp³-hybridized carbons (Fsp3) is 0.737. The van der Waals surface area contributed by atoms with E-state index in [1.165, 1.54) is 0 Å². The maximum atomic E-state index is 12.6. The summed E-state index contributed by atoms with van der Waals surface area (Å²) >= 11 is 0. The molecule has 1 saturated carbocycles. The number of guanidine groups is 1. The summed E-state index contributed by atoms with van der Waals surface area (Å²) in [6, 6.07) is 0. The summed E-state index contributed by atoms with van der Waals surface area (Å²) < 4.78 is 5.79. The van der Waals surface area contributed by atoms with Crippen LogP contribution in [0.1, 0.15) is 58.1 Å². The third-order valence-electron chi connectivity index (χ3n) is 4.94. The van der Waals surface area contributed by atoms with Gasteiger partial charge in [-0.2, -0.15) is 0 Å². The Morgan fingerprint density at radius 1 is 1.30 bits per heavy atom. The molecule has 0 aromatic carbocycles. The lowest BCUT2D eigenvalue weighted by molar-refractivity contribution is -0.138. The van der Waals surface area contributed by atoms with E-state index in [0.717, 1.165) is 31.4 Å². The maximum absolute atomic E-state index is 12.6. The van der Waals surface area contributed by atoms with Gasteiger partial charge in [0.2, 0.25) is 11.8 Å². The molecule has 1 aliphatic rings. The zero-order valence-corrected chi connectivity index (χ0v) is 19.7. The first-order chi connectivity index (χ1) is 12.2. The van der Waals surface area contributed by atoms with Crippen LogP contribution in [0.25, 0.3) is 0 Å². The Kier molecular flexibility index (Phi) is 8.56. The molecule has 1 aromatic rings. The summed E-state index contributed by atoms with van der Waals surface area (Å²) in [5, 5.41) is 6.53. The predicted molar refractivity (Wildman–Crippen MR) is 118 cm³/mol. The molecule has 1 fully saturated rings. The molecule has 0 saturated heterocycles. The molecular weight excluding hydrogens is 457 g/mol. The van der Waals surface area contributed by atoms with Crippen LogP contribution in [0.5, 0.6) is 0 Å². The zero-order valence-electron chi connectivity index (χ0n) is 17.4. The first kappa shape index (κ1) is 23.7. The summed E-state index contributed by atoms with van der Waals surface area (Å²) in [4.78, 5) is 22.9. The van der Waals surface area contributed by atoms with Gasteiger partial charge in [0.25, 0.3) is 0 Å². The van der Waals surface area contributed by atoms with E-state index in [9.17, 15) is 4.79 Å². The average molecular weight is 491 g/mol. The van der Waals surface area contributed by atoms with Crippen LogP contribution in [-0.4, -0.2) is 49.4 Å². The molecule has 154 valence electrons. The van der Waals surface area contributed by atoms with Crippen molar-refractivity contribution in [1.82, 2.24) is 20.5 Å². The molecule has 0 unspecified atom stereocenters. The van der Waals surface area contributed by atoms with Gasteiger partial charge in [0, 0.05) is 33.1 Å². The number of halogens is 1. The summed E-state index contributed by atoms with van der Waals surface area (Å²) in [5.74, 6) is 2.33. The van der Waals surface area contributed by atoms with Crippen LogP contribution in [0.3, 0.4) is 0 Å². The molecule has 8 heteroatoms. The first-order valence-electron chi connectivity index (χ1n) is 9.29. The number of nitrogens with zero attached hydrogens (tertiary/aromatic N) is 3. The minimum atomic E-state index is -0.330. The van der Waals surface area contributed by atoms with Crippen LogP contribution in [0.15, 0.2) is 15.6 Å². The third-order valence-corrected chi connectivity index (χ3v) is 4.94. The fourth-order valence-electron chi connectivity index (χ4n) is 3.36. The minimum absolute atomic E-state index is 0. The van der Waals surface area contributed by atoms with E-state index in [1.54, 1.807) is 18.1 Å². The second-order valence-electron chi connectivity index (χ2n) is 8.33. The van der Waals surface area contributed by atoms with E-state index >= 15 is 0 Å². The van der Waals surface area contributed by atoms with Crippen molar-refractivity contribution >= 4 is 35.8 Å². The van der Waals surface area contributed by atoms with Crippen LogP contribution in [-0.2, 0) is 16.8 Å². The normalized spacial score (nSPS) is 16.6. The summed E-state index contributed by atoms with van der Waals surface area (Å²) in [6.45, 7) is 7.31. The van der Waals surface area contributed by atoms with Crippen LogP contribution >= 0.6 is 24.0 Å². The number of hydrogen-bond acceptors (Lipinski definition) is 4. The molecule has 1 amide bonds. The molecule has 0 bridgehead atoms. The Morgan fingerprint density at radius 3 is 2.41 bits per heavy atom. The SMILES string of the molecule is CN=C(NCc1ncc(C(C)(C)C)o1)NCC1(C(=O)N(C)C)CCCC1.I. The van der Waals surface area contributed by atoms with Gasteiger partial charge in [0.1, 0.15) is 5.76 Å². The van der Waals surface area contributed by atoms with Crippen molar-refractivity contribution in [3.8, 4) is 0 Å². The minimum Gasteiger partial charge on any atom is -0.443 e. The Bertz CT molecular complexity index is 643. The highest BCUT2D eigenvalue weighted by atomic mass is 127. The zero-order chi connectivity index (χ0) is 19.4. The van der Waals surface area contributed by atoms with Crippen LogP contribution in [0.4, 0.5) is 0 Å². The molecule has 2 rings (SSSR count). The van der Waals surface area contributed by atoms with E-state index in [2.05, 4.69) is 41.4 Å². The van der Waals surface area contributed by atoms with Gasteiger partial charge in [-0.1, -0.05) is 33.6 Å². The molecule has 1 aromatic heterocycles. The van der Waals surface area contributed by atoms with E-state index in [1.807, 2.05) is 14.1 Å². The summed E-state index contributed by atoms with van der Waals surface area (Å²) in [5.41, 5.74) is -0.393.